The third-order valence-electron chi connectivity index (χ3n) is 8.24. The molecule has 2 aliphatic heterocycles. The van der Waals surface area contributed by atoms with E-state index in [1.807, 2.05) is 0 Å². The summed E-state index contributed by atoms with van der Waals surface area (Å²) in [6.45, 7) is 11.4. The summed E-state index contributed by atoms with van der Waals surface area (Å²) in [4.78, 5) is 17.7. The first-order chi connectivity index (χ1) is 19.8. The van der Waals surface area contributed by atoms with Gasteiger partial charge in [-0.15, -0.1) is 5.10 Å². The molecule has 1 amide bonds. The quantitative estimate of drug-likeness (QED) is 0.345. The molecule has 9 nitrogen and oxygen atoms in total. The van der Waals surface area contributed by atoms with Crippen LogP contribution >= 0.6 is 34.8 Å². The van der Waals surface area contributed by atoms with E-state index in [0.717, 1.165) is 12.1 Å². The Kier molecular flexibility index (Phi) is 8.96. The number of sulfonamides is 1. The normalized spacial score (nSPS) is 21.1. The van der Waals surface area contributed by atoms with Crippen LogP contribution in [0.4, 0.5) is 0 Å². The zero-order valence-corrected chi connectivity index (χ0v) is 27.2. The van der Waals surface area contributed by atoms with Crippen molar-refractivity contribution in [1.82, 2.24) is 29.1 Å². The molecule has 2 fully saturated rings. The lowest BCUT2D eigenvalue weighted by Crippen LogP contribution is -2.54. The number of hydrogen-bond acceptors (Lipinski definition) is 6. The first-order valence-corrected chi connectivity index (χ1v) is 16.6. The summed E-state index contributed by atoms with van der Waals surface area (Å²) >= 11 is 18.8. The van der Waals surface area contributed by atoms with Gasteiger partial charge in [0.15, 0.2) is 0 Å². The summed E-state index contributed by atoms with van der Waals surface area (Å²) in [6.07, 6.45) is 2.81. The highest BCUT2D eigenvalue weighted by atomic mass is 35.5. The molecule has 5 rings (SSSR count). The van der Waals surface area contributed by atoms with Gasteiger partial charge in [-0.25, -0.2) is 13.1 Å². The Morgan fingerprint density at radius 3 is 2.19 bits per heavy atom. The molecule has 2 unspecified atom stereocenters. The Bertz CT molecular complexity index is 1550. The van der Waals surface area contributed by atoms with Crippen LogP contribution in [0.2, 0.25) is 15.1 Å². The van der Waals surface area contributed by atoms with E-state index in [9.17, 15) is 13.2 Å². The Hall–Kier alpha value is -2.21. The molecule has 2 atom stereocenters. The molecule has 13 heteroatoms. The van der Waals surface area contributed by atoms with Gasteiger partial charge in [-0.05, 0) is 62.4 Å². The van der Waals surface area contributed by atoms with Crippen LogP contribution in [0.15, 0.2) is 47.5 Å². The van der Waals surface area contributed by atoms with Gasteiger partial charge in [-0.1, -0.05) is 59.9 Å². The maximum atomic E-state index is 13.5. The van der Waals surface area contributed by atoms with E-state index in [1.54, 1.807) is 50.4 Å². The highest BCUT2D eigenvalue weighted by Gasteiger charge is 2.36. The highest BCUT2D eigenvalue weighted by Crippen LogP contribution is 2.34. The summed E-state index contributed by atoms with van der Waals surface area (Å²) in [5, 5.41) is 9.83. The first kappa shape index (κ1) is 31.2. The fraction of sp³-hybridized carbons (Fsp3) is 0.483. The van der Waals surface area contributed by atoms with Gasteiger partial charge in [0.1, 0.15) is 11.4 Å². The molecule has 0 radical (unpaired) electrons. The number of carbonyl (C=O) groups excluding carboxylic acids is 1. The van der Waals surface area contributed by atoms with Gasteiger partial charge in [0, 0.05) is 49.9 Å². The van der Waals surface area contributed by atoms with Gasteiger partial charge in [0.25, 0.3) is 5.91 Å². The van der Waals surface area contributed by atoms with Crippen molar-refractivity contribution in [2.75, 3.05) is 39.3 Å². The van der Waals surface area contributed by atoms with E-state index in [-0.39, 0.29) is 10.8 Å². The molecule has 2 saturated heterocycles. The summed E-state index contributed by atoms with van der Waals surface area (Å²) in [5.41, 5.74) is 1.11. The summed E-state index contributed by atoms with van der Waals surface area (Å²) in [6, 6.07) is 9.64. The molecule has 1 aromatic heterocycles. The number of carbonyl (C=O) groups is 1. The van der Waals surface area contributed by atoms with E-state index in [4.69, 9.17) is 34.8 Å². The first-order valence-electron chi connectivity index (χ1n) is 14.0. The second-order valence-corrected chi connectivity index (χ2v) is 15.1. The number of piperazine rings is 1. The molecule has 226 valence electrons. The number of nitrogens with zero attached hydrogens (tertiary/aromatic N) is 6. The molecule has 3 heterocycles. The van der Waals surface area contributed by atoms with Crippen LogP contribution in [-0.4, -0.2) is 82.7 Å². The smallest absolute Gasteiger partial charge is 0.253 e. The van der Waals surface area contributed by atoms with E-state index in [0.29, 0.717) is 77.4 Å². The minimum absolute atomic E-state index is 0.165. The van der Waals surface area contributed by atoms with Crippen LogP contribution in [0.1, 0.15) is 50.2 Å². The van der Waals surface area contributed by atoms with Crippen LogP contribution in [0.5, 0.6) is 0 Å². The Balaban J connectivity index is 1.26. The largest absolute Gasteiger partial charge is 0.336 e. The fourth-order valence-corrected chi connectivity index (χ4v) is 8.68. The average Bonchev–Trinajstić information content (AvgIpc) is 3.42. The third kappa shape index (κ3) is 6.21. The summed E-state index contributed by atoms with van der Waals surface area (Å²) in [5.74, 6) is 0.417. The van der Waals surface area contributed by atoms with Crippen LogP contribution in [0, 0.1) is 11.8 Å². The van der Waals surface area contributed by atoms with Crippen LogP contribution < -0.4 is 0 Å². The van der Waals surface area contributed by atoms with Crippen molar-refractivity contribution < 1.29 is 13.2 Å². The Labute approximate surface area is 262 Å². The number of amides is 1. The van der Waals surface area contributed by atoms with Crippen LogP contribution in [0.25, 0.3) is 5.69 Å². The summed E-state index contributed by atoms with van der Waals surface area (Å²) < 4.78 is 29.9. The van der Waals surface area contributed by atoms with Crippen LogP contribution in [0.3, 0.4) is 0 Å². The van der Waals surface area contributed by atoms with Crippen molar-refractivity contribution in [3.8, 4) is 5.69 Å². The molecular weight excluding hydrogens is 619 g/mol. The molecule has 42 heavy (non-hydrogen) atoms. The second-order valence-electron chi connectivity index (χ2n) is 11.9. The fourth-order valence-electron chi connectivity index (χ4n) is 5.96. The van der Waals surface area contributed by atoms with Gasteiger partial charge >= 0.3 is 0 Å². The van der Waals surface area contributed by atoms with Gasteiger partial charge in [-0.3, -0.25) is 9.69 Å². The van der Waals surface area contributed by atoms with Crippen LogP contribution in [-0.2, 0) is 15.6 Å². The number of rotatable bonds is 6. The zero-order valence-electron chi connectivity index (χ0n) is 24.1. The van der Waals surface area contributed by atoms with Crippen molar-refractivity contribution in [1.29, 1.82) is 0 Å². The molecule has 2 aliphatic rings. The van der Waals surface area contributed by atoms with Crippen molar-refractivity contribution in [3.05, 3.63) is 68.9 Å². The maximum Gasteiger partial charge on any atom is 0.253 e. The molecule has 2 aromatic carbocycles. The number of aromatic nitrogens is 3. The molecule has 0 bridgehead atoms. The molecular formula is C29H35Cl3N6O3S. The van der Waals surface area contributed by atoms with E-state index < -0.39 is 15.6 Å². The summed E-state index contributed by atoms with van der Waals surface area (Å²) in [7, 11) is -3.68. The van der Waals surface area contributed by atoms with Crippen molar-refractivity contribution in [2.24, 2.45) is 11.8 Å². The lowest BCUT2D eigenvalue weighted by Gasteiger charge is -2.43. The zero-order chi connectivity index (χ0) is 30.4. The number of piperidine rings is 1. The topological polar surface area (TPSA) is 91.6 Å². The third-order valence-corrected chi connectivity index (χ3v) is 10.9. The average molecular weight is 654 g/mol. The predicted molar refractivity (Wildman–Crippen MR) is 165 cm³/mol. The second kappa shape index (κ2) is 12.1. The highest BCUT2D eigenvalue weighted by molar-refractivity contribution is 7.89. The van der Waals surface area contributed by atoms with Crippen molar-refractivity contribution in [3.63, 3.8) is 0 Å². The van der Waals surface area contributed by atoms with E-state index >= 15 is 0 Å². The molecule has 0 aliphatic carbocycles. The Morgan fingerprint density at radius 1 is 0.952 bits per heavy atom. The Morgan fingerprint density at radius 2 is 1.57 bits per heavy atom. The predicted octanol–water partition coefficient (Wildman–Crippen LogP) is 5.59. The van der Waals surface area contributed by atoms with Gasteiger partial charge in [-0.2, -0.15) is 4.31 Å². The minimum Gasteiger partial charge on any atom is -0.336 e. The molecule has 3 aromatic rings. The van der Waals surface area contributed by atoms with Crippen molar-refractivity contribution >= 4 is 50.7 Å². The standard InChI is InChI=1S/C29H35Cl3N6O3S/c1-19-12-20(2)17-37(16-19)42(40,41)23-7-5-6-21(13-23)28(39)35-8-10-36(11-9-35)29(3,4)26-18-38(34-33-26)27-24(31)14-22(30)15-25(27)32/h5-7,13-15,18-20H,8-12,16-17H2,1-4H3. The van der Waals surface area contributed by atoms with Gasteiger partial charge < -0.3 is 4.90 Å². The lowest BCUT2D eigenvalue weighted by atomic mass is 9.94. The SMILES string of the molecule is CC1CC(C)CN(S(=O)(=O)c2cccc(C(=O)N3CCN(C(C)(C)c4cn(-c5c(Cl)cc(Cl)cc5Cl)nn4)CC3)c2)C1. The number of halogens is 3. The molecule has 0 saturated carbocycles. The van der Waals surface area contributed by atoms with E-state index in [2.05, 4.69) is 42.9 Å². The van der Waals surface area contributed by atoms with Crippen molar-refractivity contribution in [2.45, 2.75) is 44.6 Å². The molecule has 0 spiro atoms. The maximum absolute atomic E-state index is 13.5. The van der Waals surface area contributed by atoms with Gasteiger partial charge in [0.05, 0.1) is 26.7 Å². The lowest BCUT2D eigenvalue weighted by molar-refractivity contribution is 0.0378. The van der Waals surface area contributed by atoms with Gasteiger partial charge in [0.2, 0.25) is 10.0 Å². The molecule has 0 N–H and O–H groups in total. The minimum atomic E-state index is -3.68. The number of benzene rings is 2. The number of hydrogen-bond donors (Lipinski definition) is 0. The van der Waals surface area contributed by atoms with E-state index in [1.165, 1.54) is 6.07 Å². The monoisotopic (exact) mass is 652 g/mol.